The summed E-state index contributed by atoms with van der Waals surface area (Å²) in [5, 5.41) is 5.57. The highest BCUT2D eigenvalue weighted by molar-refractivity contribution is 5.73. The molecule has 5 rings (SSSR count). The third kappa shape index (κ3) is 3.19. The van der Waals surface area contributed by atoms with Crippen molar-refractivity contribution in [3.05, 3.63) is 102 Å². The van der Waals surface area contributed by atoms with Gasteiger partial charge in [0.05, 0.1) is 12.8 Å². The summed E-state index contributed by atoms with van der Waals surface area (Å²) < 4.78 is 1.70. The first-order valence-corrected chi connectivity index (χ1v) is 9.88. The second kappa shape index (κ2) is 7.59. The topological polar surface area (TPSA) is 85.8 Å². The van der Waals surface area contributed by atoms with Crippen molar-refractivity contribution in [1.29, 1.82) is 0 Å². The van der Waals surface area contributed by atoms with Crippen molar-refractivity contribution in [2.75, 3.05) is 6.61 Å². The quantitative estimate of drug-likeness (QED) is 0.516. The highest BCUT2D eigenvalue weighted by Crippen LogP contribution is 2.43. The number of nitrogens with two attached hydrogens (primary N) is 1. The van der Waals surface area contributed by atoms with E-state index in [9.17, 15) is 4.79 Å². The fourth-order valence-corrected chi connectivity index (χ4v) is 4.06. The summed E-state index contributed by atoms with van der Waals surface area (Å²) in [4.78, 5) is 22.2. The van der Waals surface area contributed by atoms with Crippen LogP contribution in [0.4, 0.5) is 4.79 Å². The summed E-state index contributed by atoms with van der Waals surface area (Å²) in [7, 11) is 0. The van der Waals surface area contributed by atoms with Gasteiger partial charge in [-0.15, -0.1) is 0 Å². The first-order chi connectivity index (χ1) is 15.2. The molecule has 7 heteroatoms. The fraction of sp³-hybridized carbons (Fsp3) is 0.125. The molecule has 1 aliphatic heterocycles. The summed E-state index contributed by atoms with van der Waals surface area (Å²) in [5.74, 6) is 6.33. The minimum absolute atomic E-state index is 0.390. The average molecular weight is 409 g/mol. The lowest BCUT2D eigenvalue weighted by Crippen LogP contribution is -2.47. The van der Waals surface area contributed by atoms with Gasteiger partial charge >= 0.3 is 6.03 Å². The largest absolute Gasteiger partial charge is 0.350 e. The van der Waals surface area contributed by atoms with Crippen LogP contribution in [0.5, 0.6) is 0 Å². The van der Waals surface area contributed by atoms with Crippen molar-refractivity contribution in [3.63, 3.8) is 0 Å². The Hall–Kier alpha value is -4.15. The molecule has 4 aromatic rings. The smallest absolute Gasteiger partial charge is 0.339 e. The second-order valence-electron chi connectivity index (χ2n) is 7.21. The van der Waals surface area contributed by atoms with Gasteiger partial charge in [0.25, 0.3) is 0 Å². The van der Waals surface area contributed by atoms with Crippen molar-refractivity contribution < 1.29 is 9.63 Å². The highest BCUT2D eigenvalue weighted by atomic mass is 16.7. The summed E-state index contributed by atoms with van der Waals surface area (Å²) in [6.45, 7) is 0.390. The molecule has 152 valence electrons. The van der Waals surface area contributed by atoms with Crippen LogP contribution in [0.3, 0.4) is 0 Å². The standard InChI is InChI=1S/C24H19N5O2/c25-23(30)29-24(13-15-31-29,19-7-2-1-3-8-19)20-9-4-6-18(16-20)11-12-21-17-26-22-10-5-14-27-28(21)22/h1-10,14,16-17H,13,15H2,(H2,25,30). The van der Waals surface area contributed by atoms with E-state index in [2.05, 4.69) is 21.9 Å². The zero-order valence-electron chi connectivity index (χ0n) is 16.6. The molecule has 1 fully saturated rings. The predicted octanol–water partition coefficient (Wildman–Crippen LogP) is 3.09. The lowest BCUT2D eigenvalue weighted by Gasteiger charge is -2.36. The monoisotopic (exact) mass is 409 g/mol. The molecule has 1 saturated heterocycles. The minimum atomic E-state index is -0.810. The number of carbonyl (C=O) groups excluding carboxylic acids is 1. The highest BCUT2D eigenvalue weighted by Gasteiger charge is 2.47. The lowest BCUT2D eigenvalue weighted by atomic mass is 9.80. The summed E-state index contributed by atoms with van der Waals surface area (Å²) in [6, 6.07) is 20.7. The summed E-state index contributed by atoms with van der Waals surface area (Å²) in [5.41, 5.74) is 8.93. The molecule has 2 N–H and O–H groups in total. The number of hydrogen-bond acceptors (Lipinski definition) is 4. The third-order valence-corrected chi connectivity index (χ3v) is 5.44. The van der Waals surface area contributed by atoms with E-state index in [1.54, 1.807) is 16.9 Å². The van der Waals surface area contributed by atoms with Gasteiger partial charge in [0.1, 0.15) is 11.2 Å². The maximum Gasteiger partial charge on any atom is 0.339 e. The number of nitrogens with zero attached hydrogens (tertiary/aromatic N) is 4. The molecule has 0 bridgehead atoms. The molecule has 0 radical (unpaired) electrons. The van der Waals surface area contributed by atoms with Crippen LogP contribution >= 0.6 is 0 Å². The molecule has 31 heavy (non-hydrogen) atoms. The van der Waals surface area contributed by atoms with Gasteiger partial charge in [-0.05, 0) is 41.3 Å². The zero-order chi connectivity index (χ0) is 21.3. The van der Waals surface area contributed by atoms with Gasteiger partial charge in [-0.25, -0.2) is 14.3 Å². The molecular formula is C24H19N5O2. The van der Waals surface area contributed by atoms with Gasteiger partial charge in [-0.2, -0.15) is 10.2 Å². The van der Waals surface area contributed by atoms with E-state index in [1.807, 2.05) is 66.7 Å². The third-order valence-electron chi connectivity index (χ3n) is 5.44. The number of fused-ring (bicyclic) bond motifs is 1. The van der Waals surface area contributed by atoms with Crippen molar-refractivity contribution in [3.8, 4) is 11.8 Å². The molecule has 1 aliphatic rings. The molecule has 0 saturated carbocycles. The summed E-state index contributed by atoms with van der Waals surface area (Å²) >= 11 is 0. The number of hydrogen-bond donors (Lipinski definition) is 1. The average Bonchev–Trinajstić information content (AvgIpc) is 3.44. The molecule has 0 aliphatic carbocycles. The first-order valence-electron chi connectivity index (χ1n) is 9.88. The molecule has 2 aromatic carbocycles. The maximum atomic E-state index is 12.2. The number of amides is 2. The Kier molecular flexibility index (Phi) is 4.62. The van der Waals surface area contributed by atoms with Crippen LogP contribution in [0.2, 0.25) is 0 Å². The van der Waals surface area contributed by atoms with Gasteiger partial charge in [0.2, 0.25) is 0 Å². The SMILES string of the molecule is NC(=O)N1OCCC1(c1ccccc1)c1cccc(C#Cc2cnc3cccnn23)c1. The number of urea groups is 1. The van der Waals surface area contributed by atoms with Crippen LogP contribution in [0.1, 0.15) is 28.8 Å². The van der Waals surface area contributed by atoms with Crippen LogP contribution in [-0.4, -0.2) is 32.3 Å². The van der Waals surface area contributed by atoms with Crippen LogP contribution in [0, 0.1) is 11.8 Å². The molecule has 2 amide bonds. The maximum absolute atomic E-state index is 12.2. The van der Waals surface area contributed by atoms with E-state index in [0.717, 1.165) is 22.3 Å². The zero-order valence-corrected chi connectivity index (χ0v) is 16.6. The van der Waals surface area contributed by atoms with Gasteiger partial charge < -0.3 is 5.73 Å². The fourth-order valence-electron chi connectivity index (χ4n) is 4.06. The predicted molar refractivity (Wildman–Crippen MR) is 115 cm³/mol. The number of imidazole rings is 1. The molecular weight excluding hydrogens is 390 g/mol. The second-order valence-corrected chi connectivity index (χ2v) is 7.21. The van der Waals surface area contributed by atoms with Gasteiger partial charge in [0, 0.05) is 18.2 Å². The molecule has 1 atom stereocenters. The number of hydroxylamine groups is 2. The van der Waals surface area contributed by atoms with E-state index < -0.39 is 11.6 Å². The Balaban J connectivity index is 1.59. The van der Waals surface area contributed by atoms with Crippen molar-refractivity contribution in [2.24, 2.45) is 5.73 Å². The number of benzene rings is 2. The van der Waals surface area contributed by atoms with Crippen molar-refractivity contribution >= 4 is 11.7 Å². The van der Waals surface area contributed by atoms with Crippen molar-refractivity contribution in [1.82, 2.24) is 19.7 Å². The number of carbonyl (C=O) groups is 1. The summed E-state index contributed by atoms with van der Waals surface area (Å²) in [6.07, 6.45) is 3.99. The number of rotatable bonds is 2. The van der Waals surface area contributed by atoms with Crippen LogP contribution in [-0.2, 0) is 10.4 Å². The van der Waals surface area contributed by atoms with Gasteiger partial charge in [0.15, 0.2) is 5.65 Å². The number of primary amides is 1. The molecule has 1 unspecified atom stereocenters. The van der Waals surface area contributed by atoms with Gasteiger partial charge in [-0.3, -0.25) is 4.84 Å². The minimum Gasteiger partial charge on any atom is -0.350 e. The number of aromatic nitrogens is 3. The molecule has 3 heterocycles. The van der Waals surface area contributed by atoms with Crippen LogP contribution in [0.25, 0.3) is 5.65 Å². The molecule has 7 nitrogen and oxygen atoms in total. The Morgan fingerprint density at radius 3 is 2.71 bits per heavy atom. The van der Waals surface area contributed by atoms with Crippen molar-refractivity contribution in [2.45, 2.75) is 12.0 Å². The Bertz CT molecular complexity index is 1320. The van der Waals surface area contributed by atoms with Crippen LogP contribution < -0.4 is 5.73 Å². The van der Waals surface area contributed by atoms with E-state index in [1.165, 1.54) is 5.06 Å². The Morgan fingerprint density at radius 1 is 1.03 bits per heavy atom. The Labute approximate surface area is 179 Å². The lowest BCUT2D eigenvalue weighted by molar-refractivity contribution is -0.107. The van der Waals surface area contributed by atoms with E-state index in [-0.39, 0.29) is 0 Å². The van der Waals surface area contributed by atoms with E-state index in [4.69, 9.17) is 10.6 Å². The molecule has 0 spiro atoms. The Morgan fingerprint density at radius 2 is 1.87 bits per heavy atom. The molecule has 2 aromatic heterocycles. The first kappa shape index (κ1) is 18.9. The van der Waals surface area contributed by atoms with E-state index in [0.29, 0.717) is 18.7 Å². The van der Waals surface area contributed by atoms with E-state index >= 15 is 0 Å². The van der Waals surface area contributed by atoms with Gasteiger partial charge in [-0.1, -0.05) is 48.4 Å². The normalized spacial score (nSPS) is 18.0. The van der Waals surface area contributed by atoms with Crippen LogP contribution in [0.15, 0.2) is 79.1 Å².